The topological polar surface area (TPSA) is 70.0 Å². The van der Waals surface area contributed by atoms with E-state index in [1.807, 2.05) is 6.07 Å². The lowest BCUT2D eigenvalue weighted by Gasteiger charge is -2.08. The van der Waals surface area contributed by atoms with Crippen molar-refractivity contribution in [3.05, 3.63) is 63.9 Å². The fourth-order valence-electron chi connectivity index (χ4n) is 1.66. The number of nitrogens with one attached hydrogen (secondary N) is 1. The largest absolute Gasteiger partial charge is 0.240 e. The van der Waals surface area contributed by atoms with Crippen molar-refractivity contribution in [1.29, 1.82) is 5.26 Å². The highest BCUT2D eigenvalue weighted by molar-refractivity contribution is 9.10. The zero-order chi connectivity index (χ0) is 15.5. The molecule has 2 aromatic rings. The molecule has 4 nitrogen and oxygen atoms in total. The molecule has 2 aromatic carbocycles. The van der Waals surface area contributed by atoms with Crippen molar-refractivity contribution in [1.82, 2.24) is 4.72 Å². The van der Waals surface area contributed by atoms with Crippen molar-refractivity contribution in [3.8, 4) is 6.07 Å². The molecule has 0 aliphatic carbocycles. The van der Waals surface area contributed by atoms with Crippen molar-refractivity contribution in [2.24, 2.45) is 0 Å². The highest BCUT2D eigenvalue weighted by Crippen LogP contribution is 2.18. The zero-order valence-electron chi connectivity index (χ0n) is 10.7. The Labute approximate surface area is 130 Å². The summed E-state index contributed by atoms with van der Waals surface area (Å²) in [7, 11) is -3.81. The zero-order valence-corrected chi connectivity index (χ0v) is 13.1. The third kappa shape index (κ3) is 3.67. The normalized spacial score (nSPS) is 11.1. The molecule has 0 radical (unpaired) electrons. The van der Waals surface area contributed by atoms with Crippen molar-refractivity contribution < 1.29 is 12.8 Å². The van der Waals surface area contributed by atoms with Gasteiger partial charge in [-0.25, -0.2) is 17.5 Å². The first-order valence-electron chi connectivity index (χ1n) is 5.87. The Bertz CT molecular complexity index is 816. The van der Waals surface area contributed by atoms with Gasteiger partial charge >= 0.3 is 0 Å². The van der Waals surface area contributed by atoms with Crippen LogP contribution in [0, 0.1) is 17.1 Å². The third-order valence-electron chi connectivity index (χ3n) is 2.78. The van der Waals surface area contributed by atoms with Crippen LogP contribution < -0.4 is 4.72 Å². The van der Waals surface area contributed by atoms with Crippen LogP contribution in [0.1, 0.15) is 11.1 Å². The van der Waals surface area contributed by atoms with Crippen molar-refractivity contribution in [3.63, 3.8) is 0 Å². The van der Waals surface area contributed by atoms with E-state index in [1.54, 1.807) is 24.3 Å². The summed E-state index contributed by atoms with van der Waals surface area (Å²) in [6.07, 6.45) is 0. The Morgan fingerprint density at radius 3 is 2.62 bits per heavy atom. The Morgan fingerprint density at radius 2 is 1.95 bits per heavy atom. The molecule has 0 atom stereocenters. The Hall–Kier alpha value is -1.75. The van der Waals surface area contributed by atoms with Gasteiger partial charge in [0, 0.05) is 11.0 Å². The molecule has 0 amide bonds. The van der Waals surface area contributed by atoms with E-state index in [0.29, 0.717) is 0 Å². The molecule has 0 spiro atoms. The van der Waals surface area contributed by atoms with Gasteiger partial charge in [0.2, 0.25) is 10.0 Å². The average Bonchev–Trinajstić information content (AvgIpc) is 2.46. The van der Waals surface area contributed by atoms with E-state index >= 15 is 0 Å². The molecule has 0 heterocycles. The number of benzene rings is 2. The summed E-state index contributed by atoms with van der Waals surface area (Å²) in [6.45, 7) is 0.0863. The molecule has 0 unspecified atom stereocenters. The van der Waals surface area contributed by atoms with Gasteiger partial charge in [-0.15, -0.1) is 0 Å². The van der Waals surface area contributed by atoms with Gasteiger partial charge in [0.1, 0.15) is 11.9 Å². The Morgan fingerprint density at radius 1 is 1.24 bits per heavy atom. The summed E-state index contributed by atoms with van der Waals surface area (Å²) in [5.41, 5.74) is 0.461. The van der Waals surface area contributed by atoms with Gasteiger partial charge in [-0.3, -0.25) is 0 Å². The van der Waals surface area contributed by atoms with Crippen LogP contribution >= 0.6 is 15.9 Å². The van der Waals surface area contributed by atoms with Crippen molar-refractivity contribution >= 4 is 26.0 Å². The molecule has 0 saturated carbocycles. The van der Waals surface area contributed by atoms with E-state index in [4.69, 9.17) is 5.26 Å². The molecule has 0 aliphatic heterocycles. The first-order valence-corrected chi connectivity index (χ1v) is 8.14. The van der Waals surface area contributed by atoms with Gasteiger partial charge < -0.3 is 0 Å². The van der Waals surface area contributed by atoms with Crippen LogP contribution in [-0.4, -0.2) is 8.42 Å². The minimum absolute atomic E-state index is 0.0863. The summed E-state index contributed by atoms with van der Waals surface area (Å²) >= 11 is 3.33. The molecular weight excluding hydrogens is 359 g/mol. The Balaban J connectivity index is 2.24. The monoisotopic (exact) mass is 368 g/mol. The van der Waals surface area contributed by atoms with Crippen LogP contribution in [0.15, 0.2) is 51.8 Å². The number of halogens is 2. The van der Waals surface area contributed by atoms with Gasteiger partial charge in [-0.2, -0.15) is 5.26 Å². The predicted octanol–water partition coefficient (Wildman–Crippen LogP) is 2.94. The molecule has 7 heteroatoms. The number of nitriles is 1. The molecule has 0 fully saturated rings. The van der Waals surface area contributed by atoms with Gasteiger partial charge in [-0.1, -0.05) is 34.1 Å². The predicted molar refractivity (Wildman–Crippen MR) is 79.3 cm³/mol. The fourth-order valence-corrected chi connectivity index (χ4v) is 3.11. The molecular formula is C14H10BrFN2O2S. The molecule has 0 aliphatic rings. The van der Waals surface area contributed by atoms with Crippen LogP contribution in [0.5, 0.6) is 0 Å². The number of rotatable bonds is 4. The molecule has 0 aromatic heterocycles. The standard InChI is InChI=1S/C14H10BrFN2O2S/c15-13-4-2-1-3-10(13)9-18-21(19,20)12-5-6-14(16)11(7-12)8-17/h1-7,18H,9H2. The lowest BCUT2D eigenvalue weighted by Crippen LogP contribution is -2.23. The van der Waals surface area contributed by atoms with Gasteiger partial charge in [0.25, 0.3) is 0 Å². The second-order valence-electron chi connectivity index (χ2n) is 4.17. The number of hydrogen-bond acceptors (Lipinski definition) is 3. The van der Waals surface area contributed by atoms with E-state index in [2.05, 4.69) is 20.7 Å². The van der Waals surface area contributed by atoms with Gasteiger partial charge in [0.15, 0.2) is 0 Å². The van der Waals surface area contributed by atoms with E-state index in [9.17, 15) is 12.8 Å². The first-order chi connectivity index (χ1) is 9.94. The van der Waals surface area contributed by atoms with E-state index in [1.165, 1.54) is 0 Å². The highest BCUT2D eigenvalue weighted by atomic mass is 79.9. The molecule has 2 rings (SSSR count). The molecule has 0 saturated heterocycles. The van der Waals surface area contributed by atoms with Crippen LogP contribution in [0.2, 0.25) is 0 Å². The van der Waals surface area contributed by atoms with Gasteiger partial charge in [-0.05, 0) is 29.8 Å². The van der Waals surface area contributed by atoms with Crippen molar-refractivity contribution in [2.75, 3.05) is 0 Å². The van der Waals surface area contributed by atoms with E-state index < -0.39 is 15.8 Å². The summed E-state index contributed by atoms with van der Waals surface area (Å²) in [4.78, 5) is -0.146. The minimum Gasteiger partial charge on any atom is -0.207 e. The summed E-state index contributed by atoms with van der Waals surface area (Å²) in [5, 5.41) is 8.74. The van der Waals surface area contributed by atoms with Crippen LogP contribution in [0.3, 0.4) is 0 Å². The molecule has 0 bridgehead atoms. The summed E-state index contributed by atoms with van der Waals surface area (Å²) in [5.74, 6) is -0.748. The maximum atomic E-state index is 13.2. The maximum Gasteiger partial charge on any atom is 0.240 e. The number of hydrogen-bond donors (Lipinski definition) is 1. The smallest absolute Gasteiger partial charge is 0.207 e. The molecule has 21 heavy (non-hydrogen) atoms. The lowest BCUT2D eigenvalue weighted by molar-refractivity contribution is 0.580. The molecule has 1 N–H and O–H groups in total. The fraction of sp³-hybridized carbons (Fsp3) is 0.0714. The SMILES string of the molecule is N#Cc1cc(S(=O)(=O)NCc2ccccc2Br)ccc1F. The lowest BCUT2D eigenvalue weighted by atomic mass is 10.2. The number of sulfonamides is 1. The number of nitrogens with zero attached hydrogens (tertiary/aromatic N) is 1. The minimum atomic E-state index is -3.81. The maximum absolute atomic E-state index is 13.2. The highest BCUT2D eigenvalue weighted by Gasteiger charge is 2.16. The summed E-state index contributed by atoms with van der Waals surface area (Å²) < 4.78 is 40.7. The first kappa shape index (κ1) is 15.6. The average molecular weight is 369 g/mol. The van der Waals surface area contributed by atoms with Crippen molar-refractivity contribution in [2.45, 2.75) is 11.4 Å². The second-order valence-corrected chi connectivity index (χ2v) is 6.79. The van der Waals surface area contributed by atoms with Gasteiger partial charge in [0.05, 0.1) is 10.5 Å². The summed E-state index contributed by atoms with van der Waals surface area (Å²) in [6, 6.07) is 11.9. The van der Waals surface area contributed by atoms with Crippen LogP contribution in [0.25, 0.3) is 0 Å². The van der Waals surface area contributed by atoms with Crippen LogP contribution in [-0.2, 0) is 16.6 Å². The van der Waals surface area contributed by atoms with E-state index in [0.717, 1.165) is 28.2 Å². The third-order valence-corrected chi connectivity index (χ3v) is 4.95. The van der Waals surface area contributed by atoms with E-state index in [-0.39, 0.29) is 17.0 Å². The molecule has 108 valence electrons. The quantitative estimate of drug-likeness (QED) is 0.901. The second kappa shape index (κ2) is 6.35. The Kier molecular flexibility index (Phi) is 4.73. The van der Waals surface area contributed by atoms with Crippen LogP contribution in [0.4, 0.5) is 4.39 Å².